The number of phenolic OH excluding ortho intramolecular Hbond substituents is 2. The van der Waals surface area contributed by atoms with Crippen LogP contribution in [0.5, 0.6) is 28.7 Å². The Bertz CT molecular complexity index is 1250. The van der Waals surface area contributed by atoms with Gasteiger partial charge in [-0.1, -0.05) is 0 Å². The molecule has 11 heteroatoms. The molecule has 1 saturated heterocycles. The van der Waals surface area contributed by atoms with E-state index >= 15 is 0 Å². The highest BCUT2D eigenvalue weighted by Crippen LogP contribution is 2.44. The van der Waals surface area contributed by atoms with Gasteiger partial charge in [-0.25, -0.2) is 0 Å². The number of hydrogen-bond donors (Lipinski definition) is 5. The first kappa shape index (κ1) is 23.6. The summed E-state index contributed by atoms with van der Waals surface area (Å²) in [5.74, 6) is -1.13. The molecule has 1 aliphatic rings. The first-order valence-electron chi connectivity index (χ1n) is 10.3. The summed E-state index contributed by atoms with van der Waals surface area (Å²) in [7, 11) is 2.63. The molecular weight excluding hydrogens is 452 g/mol. The van der Waals surface area contributed by atoms with Crippen molar-refractivity contribution in [3.05, 3.63) is 40.6 Å². The maximum absolute atomic E-state index is 13.5. The van der Waals surface area contributed by atoms with Crippen molar-refractivity contribution in [1.29, 1.82) is 0 Å². The predicted octanol–water partition coefficient (Wildman–Crippen LogP) is 1.09. The molecule has 2 heterocycles. The van der Waals surface area contributed by atoms with E-state index < -0.39 is 47.6 Å². The minimum atomic E-state index is -1.70. The first-order chi connectivity index (χ1) is 16.2. The summed E-state index contributed by atoms with van der Waals surface area (Å²) in [5.41, 5.74) is -0.559. The average Bonchev–Trinajstić information content (AvgIpc) is 2.82. The van der Waals surface area contributed by atoms with Crippen LogP contribution in [0.2, 0.25) is 0 Å². The monoisotopic (exact) mass is 476 g/mol. The average molecular weight is 476 g/mol. The number of ether oxygens (including phenoxy) is 4. The van der Waals surface area contributed by atoms with Gasteiger partial charge in [-0.2, -0.15) is 0 Å². The lowest BCUT2D eigenvalue weighted by molar-refractivity contribution is -0.268. The molecule has 0 spiro atoms. The van der Waals surface area contributed by atoms with E-state index in [0.29, 0.717) is 5.56 Å². The Kier molecular flexibility index (Phi) is 6.28. The number of aliphatic hydroxyl groups is 3. The van der Waals surface area contributed by atoms with Crippen LogP contribution in [0.1, 0.15) is 6.92 Å². The molecule has 5 N–H and O–H groups in total. The number of phenols is 2. The molecule has 1 aliphatic heterocycles. The van der Waals surface area contributed by atoms with Crippen molar-refractivity contribution in [3.8, 4) is 40.1 Å². The summed E-state index contributed by atoms with van der Waals surface area (Å²) in [5, 5.41) is 50.6. The van der Waals surface area contributed by atoms with Crippen LogP contribution >= 0.6 is 0 Å². The summed E-state index contributed by atoms with van der Waals surface area (Å²) in [6.45, 7) is 1.46. The van der Waals surface area contributed by atoms with Gasteiger partial charge in [-0.15, -0.1) is 0 Å². The number of aliphatic hydroxyl groups excluding tert-OH is 3. The number of methoxy groups -OCH3 is 2. The van der Waals surface area contributed by atoms with Gasteiger partial charge in [0.2, 0.25) is 23.2 Å². The fraction of sp³-hybridized carbons (Fsp3) is 0.348. The number of fused-ring (bicyclic) bond motifs is 1. The highest BCUT2D eigenvalue weighted by molar-refractivity contribution is 5.91. The van der Waals surface area contributed by atoms with E-state index in [-0.39, 0.29) is 34.0 Å². The van der Waals surface area contributed by atoms with Crippen molar-refractivity contribution in [2.75, 3.05) is 14.2 Å². The smallest absolute Gasteiger partial charge is 0.239 e. The van der Waals surface area contributed by atoms with Gasteiger partial charge in [0.05, 0.1) is 20.3 Å². The highest BCUT2D eigenvalue weighted by atomic mass is 16.7. The van der Waals surface area contributed by atoms with Gasteiger partial charge in [-0.05, 0) is 31.2 Å². The van der Waals surface area contributed by atoms with Crippen molar-refractivity contribution in [2.45, 2.75) is 37.6 Å². The summed E-state index contributed by atoms with van der Waals surface area (Å²) >= 11 is 0. The van der Waals surface area contributed by atoms with Crippen LogP contribution in [0, 0.1) is 0 Å². The molecule has 5 atom stereocenters. The number of rotatable bonds is 5. The highest BCUT2D eigenvalue weighted by Gasteiger charge is 2.44. The molecule has 0 bridgehead atoms. The molecule has 1 fully saturated rings. The topological polar surface area (TPSA) is 168 Å². The van der Waals surface area contributed by atoms with E-state index in [1.54, 1.807) is 0 Å². The SMILES string of the molecule is COc1cc2oc(-c3ccc(O)cc3)c(O[C@@H]3OC(C)[C@H](O)C(O)[C@@H]3O)c(=O)c2c(O)c1OC. The number of hydrogen-bond acceptors (Lipinski definition) is 11. The summed E-state index contributed by atoms with van der Waals surface area (Å²) in [6.07, 6.45) is -7.15. The molecule has 2 aromatic carbocycles. The third-order valence-electron chi connectivity index (χ3n) is 5.63. The maximum Gasteiger partial charge on any atom is 0.239 e. The van der Waals surface area contributed by atoms with Crippen LogP contribution in [0.25, 0.3) is 22.3 Å². The standard InChI is InChI=1S/C23H24O11/c1-9-15(25)18(28)19(29)23(32-9)34-22-17(27)14-12(8-13(30-2)21(31-3)16(14)26)33-20(22)10-4-6-11(24)7-5-10/h4-9,15,18-19,23-26,28-29H,1-3H3/t9?,15-,18?,19-,23-/m0/s1. The largest absolute Gasteiger partial charge is 0.508 e. The molecule has 4 rings (SSSR count). The van der Waals surface area contributed by atoms with Crippen molar-refractivity contribution in [3.63, 3.8) is 0 Å². The van der Waals surface area contributed by atoms with Crippen molar-refractivity contribution in [2.24, 2.45) is 0 Å². The maximum atomic E-state index is 13.5. The van der Waals surface area contributed by atoms with Gasteiger partial charge in [0, 0.05) is 11.6 Å². The van der Waals surface area contributed by atoms with Crippen LogP contribution in [0.15, 0.2) is 39.5 Å². The molecular formula is C23H24O11. The molecule has 0 radical (unpaired) electrons. The molecule has 0 amide bonds. The minimum Gasteiger partial charge on any atom is -0.508 e. The molecule has 0 saturated carbocycles. The van der Waals surface area contributed by atoms with Gasteiger partial charge in [0.1, 0.15) is 35.0 Å². The third-order valence-corrected chi connectivity index (χ3v) is 5.63. The van der Waals surface area contributed by atoms with Crippen LogP contribution in [0.4, 0.5) is 0 Å². The second-order valence-corrected chi connectivity index (χ2v) is 7.77. The fourth-order valence-corrected chi connectivity index (χ4v) is 3.76. The molecule has 34 heavy (non-hydrogen) atoms. The Hall–Kier alpha value is -3.51. The normalized spacial score (nSPS) is 24.7. The van der Waals surface area contributed by atoms with Crippen LogP contribution < -0.4 is 19.6 Å². The van der Waals surface area contributed by atoms with E-state index in [4.69, 9.17) is 23.4 Å². The van der Waals surface area contributed by atoms with E-state index in [0.717, 1.165) is 0 Å². The van der Waals surface area contributed by atoms with E-state index in [9.17, 15) is 30.3 Å². The molecule has 182 valence electrons. The Balaban J connectivity index is 1.95. The molecule has 3 aromatic rings. The Morgan fingerprint density at radius 3 is 2.21 bits per heavy atom. The molecule has 1 aromatic heterocycles. The lowest BCUT2D eigenvalue weighted by Gasteiger charge is -2.38. The summed E-state index contributed by atoms with van der Waals surface area (Å²) in [4.78, 5) is 13.5. The van der Waals surface area contributed by atoms with Crippen molar-refractivity contribution < 1.29 is 48.9 Å². The van der Waals surface area contributed by atoms with Gasteiger partial charge in [0.25, 0.3) is 0 Å². The number of benzene rings is 2. The second kappa shape index (κ2) is 9.03. The zero-order chi connectivity index (χ0) is 24.7. The summed E-state index contributed by atoms with van der Waals surface area (Å²) in [6, 6.07) is 7.02. The van der Waals surface area contributed by atoms with Crippen LogP contribution in [-0.2, 0) is 4.74 Å². The van der Waals surface area contributed by atoms with Gasteiger partial charge < -0.3 is 48.9 Å². The molecule has 0 aliphatic carbocycles. The zero-order valence-electron chi connectivity index (χ0n) is 18.5. The van der Waals surface area contributed by atoms with Gasteiger partial charge in [0.15, 0.2) is 17.3 Å². The third kappa shape index (κ3) is 3.88. The van der Waals surface area contributed by atoms with E-state index in [1.165, 1.54) is 51.5 Å². The van der Waals surface area contributed by atoms with E-state index in [2.05, 4.69) is 0 Å². The quantitative estimate of drug-likeness (QED) is 0.357. The predicted molar refractivity (Wildman–Crippen MR) is 117 cm³/mol. The van der Waals surface area contributed by atoms with Crippen molar-refractivity contribution in [1.82, 2.24) is 0 Å². The van der Waals surface area contributed by atoms with Crippen LogP contribution in [0.3, 0.4) is 0 Å². The van der Waals surface area contributed by atoms with Crippen molar-refractivity contribution >= 4 is 11.0 Å². The molecule has 11 nitrogen and oxygen atoms in total. The first-order valence-corrected chi connectivity index (χ1v) is 10.3. The Morgan fingerprint density at radius 2 is 1.59 bits per heavy atom. The Labute approximate surface area is 192 Å². The van der Waals surface area contributed by atoms with Crippen LogP contribution in [-0.4, -0.2) is 70.5 Å². The second-order valence-electron chi connectivity index (χ2n) is 7.77. The fourth-order valence-electron chi connectivity index (χ4n) is 3.76. The van der Waals surface area contributed by atoms with Gasteiger partial charge >= 0.3 is 0 Å². The lowest BCUT2D eigenvalue weighted by atomic mass is 10.00. The zero-order valence-corrected chi connectivity index (χ0v) is 18.5. The lowest BCUT2D eigenvalue weighted by Crippen LogP contribution is -2.58. The summed E-state index contributed by atoms with van der Waals surface area (Å²) < 4.78 is 27.5. The molecule has 2 unspecified atom stereocenters. The Morgan fingerprint density at radius 1 is 0.912 bits per heavy atom. The van der Waals surface area contributed by atoms with Gasteiger partial charge in [-0.3, -0.25) is 4.79 Å². The minimum absolute atomic E-state index is 0.0321. The number of aromatic hydroxyl groups is 2. The van der Waals surface area contributed by atoms with E-state index in [1.807, 2.05) is 0 Å².